The molecule has 1 aromatic rings. The van der Waals surface area contributed by atoms with Crippen LogP contribution in [0.15, 0.2) is 24.3 Å². The van der Waals surface area contributed by atoms with E-state index >= 15 is 0 Å². The van der Waals surface area contributed by atoms with Gasteiger partial charge < -0.3 is 20.9 Å². The zero-order valence-corrected chi connectivity index (χ0v) is 13.4. The lowest BCUT2D eigenvalue weighted by Crippen LogP contribution is -2.49. The van der Waals surface area contributed by atoms with E-state index in [0.29, 0.717) is 25.2 Å². The lowest BCUT2D eigenvalue weighted by molar-refractivity contribution is -0.125. The van der Waals surface area contributed by atoms with Crippen molar-refractivity contribution >= 4 is 5.91 Å². The van der Waals surface area contributed by atoms with Gasteiger partial charge in [0.2, 0.25) is 5.91 Å². The van der Waals surface area contributed by atoms with Gasteiger partial charge in [-0.15, -0.1) is 0 Å². The van der Waals surface area contributed by atoms with Crippen molar-refractivity contribution in [1.82, 2.24) is 5.32 Å². The Morgan fingerprint density at radius 3 is 2.61 bits per heavy atom. The number of carbonyl (C=O) groups excluding carboxylic acids is 1. The summed E-state index contributed by atoms with van der Waals surface area (Å²) in [7, 11) is 0. The molecule has 1 saturated heterocycles. The van der Waals surface area contributed by atoms with Gasteiger partial charge in [-0.1, -0.05) is 12.1 Å². The first-order valence-electron chi connectivity index (χ1n) is 8.04. The second kappa shape index (κ2) is 8.38. The lowest BCUT2D eigenvalue weighted by atomic mass is 9.91. The Kier molecular flexibility index (Phi) is 6.50. The van der Waals surface area contributed by atoms with Gasteiger partial charge in [0.1, 0.15) is 5.82 Å². The molecule has 6 heteroatoms. The van der Waals surface area contributed by atoms with Gasteiger partial charge in [0.25, 0.3) is 0 Å². The number of hydrogen-bond donors (Lipinski definition) is 3. The Bertz CT molecular complexity index is 503. The Hall–Kier alpha value is -1.50. The first-order valence-corrected chi connectivity index (χ1v) is 8.04. The molecule has 0 aromatic heterocycles. The second-order valence-corrected chi connectivity index (χ2v) is 6.19. The van der Waals surface area contributed by atoms with Gasteiger partial charge in [0.15, 0.2) is 0 Å². The summed E-state index contributed by atoms with van der Waals surface area (Å²) in [5.74, 6) is -0.404. The van der Waals surface area contributed by atoms with Gasteiger partial charge in [-0.05, 0) is 49.8 Å². The van der Waals surface area contributed by atoms with Crippen LogP contribution in [0.25, 0.3) is 0 Å². The molecule has 1 aromatic carbocycles. The van der Waals surface area contributed by atoms with E-state index in [1.165, 1.54) is 12.1 Å². The molecular formula is C17H25FN2O3. The Morgan fingerprint density at radius 2 is 2.00 bits per heavy atom. The molecule has 128 valence electrons. The SMILES string of the molecule is CC(CC(O)c1ccc(F)cc1)NC(=O)C(N)C1CCOCC1. The first-order chi connectivity index (χ1) is 11.0. The van der Waals surface area contributed by atoms with Gasteiger partial charge in [-0.3, -0.25) is 4.79 Å². The minimum absolute atomic E-state index is 0.137. The van der Waals surface area contributed by atoms with Crippen molar-refractivity contribution in [2.45, 2.75) is 44.4 Å². The monoisotopic (exact) mass is 324 g/mol. The van der Waals surface area contributed by atoms with Crippen molar-refractivity contribution < 1.29 is 19.0 Å². The fourth-order valence-corrected chi connectivity index (χ4v) is 2.84. The van der Waals surface area contributed by atoms with Gasteiger partial charge in [0, 0.05) is 19.3 Å². The summed E-state index contributed by atoms with van der Waals surface area (Å²) >= 11 is 0. The number of ether oxygens (including phenoxy) is 1. The summed E-state index contributed by atoms with van der Waals surface area (Å²) in [6, 6.07) is 4.92. The molecule has 4 N–H and O–H groups in total. The van der Waals surface area contributed by atoms with Crippen LogP contribution in [0.2, 0.25) is 0 Å². The second-order valence-electron chi connectivity index (χ2n) is 6.19. The van der Waals surface area contributed by atoms with E-state index in [0.717, 1.165) is 12.8 Å². The number of halogens is 1. The number of hydrogen-bond acceptors (Lipinski definition) is 4. The Balaban J connectivity index is 1.82. The van der Waals surface area contributed by atoms with Crippen LogP contribution in [0.1, 0.15) is 37.9 Å². The van der Waals surface area contributed by atoms with Crippen LogP contribution < -0.4 is 11.1 Å². The molecule has 0 aliphatic carbocycles. The molecule has 0 saturated carbocycles. The van der Waals surface area contributed by atoms with Crippen molar-refractivity contribution in [3.8, 4) is 0 Å². The van der Waals surface area contributed by atoms with E-state index in [2.05, 4.69) is 5.32 Å². The molecule has 1 amide bonds. The molecule has 5 nitrogen and oxygen atoms in total. The quantitative estimate of drug-likeness (QED) is 0.740. The highest BCUT2D eigenvalue weighted by atomic mass is 19.1. The van der Waals surface area contributed by atoms with Crippen LogP contribution in [0.3, 0.4) is 0 Å². The van der Waals surface area contributed by atoms with Crippen molar-refractivity contribution in [1.29, 1.82) is 0 Å². The van der Waals surface area contributed by atoms with Crippen molar-refractivity contribution in [2.24, 2.45) is 11.7 Å². The molecular weight excluding hydrogens is 299 g/mol. The zero-order valence-electron chi connectivity index (χ0n) is 13.4. The Morgan fingerprint density at radius 1 is 1.39 bits per heavy atom. The van der Waals surface area contributed by atoms with Crippen LogP contribution in [0.5, 0.6) is 0 Å². The van der Waals surface area contributed by atoms with Crippen molar-refractivity contribution in [3.05, 3.63) is 35.6 Å². The predicted octanol–water partition coefficient (Wildman–Crippen LogP) is 1.51. The minimum Gasteiger partial charge on any atom is -0.388 e. The molecule has 1 heterocycles. The highest BCUT2D eigenvalue weighted by Gasteiger charge is 2.27. The number of benzene rings is 1. The summed E-state index contributed by atoms with van der Waals surface area (Å²) < 4.78 is 18.2. The standard InChI is InChI=1S/C17H25FN2O3/c1-11(10-15(21)12-2-4-14(18)5-3-12)20-17(22)16(19)13-6-8-23-9-7-13/h2-5,11,13,15-16,21H,6-10,19H2,1H3,(H,20,22). The molecule has 3 atom stereocenters. The number of nitrogens with two attached hydrogens (primary N) is 1. The third-order valence-electron chi connectivity index (χ3n) is 4.30. The van der Waals surface area contributed by atoms with Gasteiger partial charge in [-0.2, -0.15) is 0 Å². The maximum Gasteiger partial charge on any atom is 0.237 e. The Labute approximate surface area is 136 Å². The number of nitrogens with one attached hydrogen (secondary N) is 1. The largest absolute Gasteiger partial charge is 0.388 e. The molecule has 23 heavy (non-hydrogen) atoms. The van der Waals surface area contributed by atoms with E-state index in [1.807, 2.05) is 6.92 Å². The van der Waals surface area contributed by atoms with Crippen LogP contribution in [0.4, 0.5) is 4.39 Å². The van der Waals surface area contributed by atoms with Gasteiger partial charge in [0.05, 0.1) is 12.1 Å². The lowest BCUT2D eigenvalue weighted by Gasteiger charge is -2.28. The predicted molar refractivity (Wildman–Crippen MR) is 85.1 cm³/mol. The van der Waals surface area contributed by atoms with Crippen LogP contribution in [-0.4, -0.2) is 36.3 Å². The smallest absolute Gasteiger partial charge is 0.237 e. The van der Waals surface area contributed by atoms with Crippen molar-refractivity contribution in [3.63, 3.8) is 0 Å². The van der Waals surface area contributed by atoms with E-state index in [1.54, 1.807) is 12.1 Å². The highest BCUT2D eigenvalue weighted by molar-refractivity contribution is 5.82. The average molecular weight is 324 g/mol. The first kappa shape index (κ1) is 17.8. The topological polar surface area (TPSA) is 84.6 Å². The minimum atomic E-state index is -0.759. The summed E-state index contributed by atoms with van der Waals surface area (Å²) in [5.41, 5.74) is 6.65. The van der Waals surface area contributed by atoms with E-state index in [4.69, 9.17) is 10.5 Å². The fraction of sp³-hybridized carbons (Fsp3) is 0.588. The van der Waals surface area contributed by atoms with E-state index in [9.17, 15) is 14.3 Å². The number of aliphatic hydroxyl groups is 1. The van der Waals surface area contributed by atoms with Crippen LogP contribution >= 0.6 is 0 Å². The number of aliphatic hydroxyl groups excluding tert-OH is 1. The highest BCUT2D eigenvalue weighted by Crippen LogP contribution is 2.20. The summed E-state index contributed by atoms with van der Waals surface area (Å²) in [6.45, 7) is 3.11. The van der Waals surface area contributed by atoms with E-state index in [-0.39, 0.29) is 23.7 Å². The molecule has 1 fully saturated rings. The maximum absolute atomic E-state index is 12.9. The maximum atomic E-state index is 12.9. The molecule has 1 aliphatic heterocycles. The summed E-state index contributed by atoms with van der Waals surface area (Å²) in [6.07, 6.45) is 1.17. The summed E-state index contributed by atoms with van der Waals surface area (Å²) in [4.78, 5) is 12.2. The number of carbonyl (C=O) groups is 1. The summed E-state index contributed by atoms with van der Waals surface area (Å²) in [5, 5.41) is 13.0. The zero-order chi connectivity index (χ0) is 16.8. The molecule has 3 unspecified atom stereocenters. The molecule has 0 spiro atoms. The third-order valence-corrected chi connectivity index (χ3v) is 4.30. The van der Waals surface area contributed by atoms with Crippen LogP contribution in [0, 0.1) is 11.7 Å². The molecule has 2 rings (SSSR count). The van der Waals surface area contributed by atoms with Crippen molar-refractivity contribution in [2.75, 3.05) is 13.2 Å². The molecule has 1 aliphatic rings. The van der Waals surface area contributed by atoms with Gasteiger partial charge in [-0.25, -0.2) is 4.39 Å². The van der Waals surface area contributed by atoms with Gasteiger partial charge >= 0.3 is 0 Å². The fourth-order valence-electron chi connectivity index (χ4n) is 2.84. The molecule has 0 bridgehead atoms. The normalized spacial score (nSPS) is 19.8. The molecule has 0 radical (unpaired) electrons. The number of rotatable bonds is 6. The number of amides is 1. The van der Waals surface area contributed by atoms with E-state index < -0.39 is 12.1 Å². The average Bonchev–Trinajstić information content (AvgIpc) is 2.55. The van der Waals surface area contributed by atoms with Crippen LogP contribution in [-0.2, 0) is 9.53 Å². The third kappa shape index (κ3) is 5.27.